The number of hydrogen-bond donors (Lipinski definition) is 0. The zero-order valence-electron chi connectivity index (χ0n) is 16.2. The van der Waals surface area contributed by atoms with Crippen LogP contribution >= 0.6 is 23.2 Å². The van der Waals surface area contributed by atoms with Crippen molar-refractivity contribution >= 4 is 28.9 Å². The largest absolute Gasteiger partial charge is 0.490 e. The van der Waals surface area contributed by atoms with E-state index in [9.17, 15) is 4.39 Å². The molecule has 1 aromatic rings. The number of ether oxygens (including phenoxy) is 2. The summed E-state index contributed by atoms with van der Waals surface area (Å²) in [6.45, 7) is 7.01. The van der Waals surface area contributed by atoms with E-state index in [0.717, 1.165) is 37.0 Å². The fourth-order valence-corrected chi connectivity index (χ4v) is 2.44. The number of oxime groups is 1. The lowest BCUT2D eigenvalue weighted by molar-refractivity contribution is 0.138. The van der Waals surface area contributed by atoms with Gasteiger partial charge in [0.2, 0.25) is 0 Å². The van der Waals surface area contributed by atoms with Gasteiger partial charge >= 0.3 is 0 Å². The molecule has 0 aliphatic rings. The van der Waals surface area contributed by atoms with Gasteiger partial charge in [0, 0.05) is 11.6 Å². The summed E-state index contributed by atoms with van der Waals surface area (Å²) in [6, 6.07) is 3.13. The average Bonchev–Trinajstić information content (AvgIpc) is 2.58. The summed E-state index contributed by atoms with van der Waals surface area (Å²) in [5.41, 5.74) is 1.69. The van der Waals surface area contributed by atoms with Crippen LogP contribution in [0.1, 0.15) is 52.0 Å². The molecule has 152 valence electrons. The van der Waals surface area contributed by atoms with Gasteiger partial charge in [0.15, 0.2) is 11.6 Å². The van der Waals surface area contributed by atoms with Gasteiger partial charge in [-0.1, -0.05) is 41.7 Å². The second-order valence-electron chi connectivity index (χ2n) is 6.23. The lowest BCUT2D eigenvalue weighted by atomic mass is 10.1. The van der Waals surface area contributed by atoms with E-state index in [-0.39, 0.29) is 11.1 Å². The molecule has 0 amide bonds. The Balaban J connectivity index is 2.53. The number of halogens is 3. The van der Waals surface area contributed by atoms with Crippen molar-refractivity contribution < 1.29 is 18.7 Å². The first-order chi connectivity index (χ1) is 12.9. The molecule has 0 bridgehead atoms. The summed E-state index contributed by atoms with van der Waals surface area (Å²) in [5.74, 6) is 0.309. The maximum atomic E-state index is 14.5. The molecule has 0 aromatic heterocycles. The van der Waals surface area contributed by atoms with Crippen LogP contribution in [0.25, 0.3) is 0 Å². The highest BCUT2D eigenvalue weighted by atomic mass is 35.5. The molecule has 1 rings (SSSR count). The molecule has 4 nitrogen and oxygen atoms in total. The van der Waals surface area contributed by atoms with Crippen molar-refractivity contribution in [3.8, 4) is 11.5 Å². The summed E-state index contributed by atoms with van der Waals surface area (Å²) in [7, 11) is 0. The minimum Gasteiger partial charge on any atom is -0.490 e. The van der Waals surface area contributed by atoms with Gasteiger partial charge in [0.25, 0.3) is 0 Å². The van der Waals surface area contributed by atoms with Crippen LogP contribution < -0.4 is 9.47 Å². The van der Waals surface area contributed by atoms with Gasteiger partial charge in [-0.3, -0.25) is 0 Å². The van der Waals surface area contributed by atoms with Crippen LogP contribution in [0.2, 0.25) is 0 Å². The Morgan fingerprint density at radius 2 is 1.85 bits per heavy atom. The van der Waals surface area contributed by atoms with Gasteiger partial charge in [-0.15, -0.1) is 0 Å². The quantitative estimate of drug-likeness (QED) is 0.210. The van der Waals surface area contributed by atoms with E-state index >= 15 is 0 Å². The molecule has 7 heteroatoms. The molecular weight excluding hydrogens is 392 g/mol. The van der Waals surface area contributed by atoms with Crippen molar-refractivity contribution in [1.82, 2.24) is 0 Å². The second-order valence-corrected chi connectivity index (χ2v) is 7.24. The van der Waals surface area contributed by atoms with Crippen LogP contribution in [0, 0.1) is 5.82 Å². The Morgan fingerprint density at radius 1 is 1.11 bits per heavy atom. The SMILES string of the molecule is CCCc1cc(OCC=C(Cl)Cl)cc(F)c1OCCCCCON=C(C)C. The van der Waals surface area contributed by atoms with Crippen LogP contribution in [0.15, 0.2) is 27.9 Å². The Kier molecular flexibility index (Phi) is 11.9. The van der Waals surface area contributed by atoms with Gasteiger partial charge in [-0.2, -0.15) is 0 Å². The molecule has 27 heavy (non-hydrogen) atoms. The predicted molar refractivity (Wildman–Crippen MR) is 110 cm³/mol. The van der Waals surface area contributed by atoms with Crippen molar-refractivity contribution in [3.05, 3.63) is 34.1 Å². The third-order valence-electron chi connectivity index (χ3n) is 3.47. The topological polar surface area (TPSA) is 40.0 Å². The molecule has 0 radical (unpaired) electrons. The highest BCUT2D eigenvalue weighted by molar-refractivity contribution is 6.55. The normalized spacial score (nSPS) is 10.3. The van der Waals surface area contributed by atoms with Crippen LogP contribution in [-0.4, -0.2) is 25.5 Å². The van der Waals surface area contributed by atoms with E-state index in [4.69, 9.17) is 37.5 Å². The van der Waals surface area contributed by atoms with Crippen LogP contribution in [-0.2, 0) is 11.3 Å². The Labute approximate surface area is 171 Å². The molecular formula is C20H28Cl2FNO3. The number of unbranched alkanes of at least 4 members (excludes halogenated alkanes) is 2. The molecule has 0 N–H and O–H groups in total. The van der Waals surface area contributed by atoms with Crippen molar-refractivity contribution in [1.29, 1.82) is 0 Å². The molecule has 0 saturated heterocycles. The monoisotopic (exact) mass is 419 g/mol. The Hall–Kier alpha value is -1.46. The number of benzene rings is 1. The zero-order chi connectivity index (χ0) is 20.1. The number of nitrogens with zero attached hydrogens (tertiary/aromatic N) is 1. The van der Waals surface area contributed by atoms with Crippen LogP contribution in [0.5, 0.6) is 11.5 Å². The lowest BCUT2D eigenvalue weighted by Crippen LogP contribution is -2.05. The minimum absolute atomic E-state index is 0.117. The van der Waals surface area contributed by atoms with Crippen molar-refractivity contribution in [2.24, 2.45) is 5.16 Å². The van der Waals surface area contributed by atoms with Crippen molar-refractivity contribution in [3.63, 3.8) is 0 Å². The van der Waals surface area contributed by atoms with Gasteiger partial charge in [0.1, 0.15) is 23.5 Å². The van der Waals surface area contributed by atoms with E-state index in [0.29, 0.717) is 31.1 Å². The fraction of sp³-hybridized carbons (Fsp3) is 0.550. The molecule has 1 aromatic carbocycles. The molecule has 0 fully saturated rings. The molecule has 0 saturated carbocycles. The maximum absolute atomic E-state index is 14.5. The van der Waals surface area contributed by atoms with Gasteiger partial charge in [-0.05, 0) is 51.7 Å². The first-order valence-corrected chi connectivity index (χ1v) is 9.92. The van der Waals surface area contributed by atoms with Gasteiger partial charge in [0.05, 0.1) is 12.3 Å². The number of aryl methyl sites for hydroxylation is 1. The van der Waals surface area contributed by atoms with E-state index in [1.165, 1.54) is 12.1 Å². The Morgan fingerprint density at radius 3 is 2.52 bits per heavy atom. The third-order valence-corrected chi connectivity index (χ3v) is 3.78. The van der Waals surface area contributed by atoms with E-state index in [1.54, 1.807) is 6.07 Å². The van der Waals surface area contributed by atoms with Gasteiger partial charge < -0.3 is 14.3 Å². The highest BCUT2D eigenvalue weighted by Gasteiger charge is 2.13. The second kappa shape index (κ2) is 13.7. The zero-order valence-corrected chi connectivity index (χ0v) is 17.7. The maximum Gasteiger partial charge on any atom is 0.169 e. The molecule has 0 atom stereocenters. The van der Waals surface area contributed by atoms with Crippen molar-refractivity contribution in [2.45, 2.75) is 52.9 Å². The van der Waals surface area contributed by atoms with Crippen molar-refractivity contribution in [2.75, 3.05) is 19.8 Å². The van der Waals surface area contributed by atoms with E-state index in [2.05, 4.69) is 5.16 Å². The smallest absolute Gasteiger partial charge is 0.169 e. The molecule has 0 spiro atoms. The predicted octanol–water partition coefficient (Wildman–Crippen LogP) is 6.44. The van der Waals surface area contributed by atoms with Gasteiger partial charge in [-0.25, -0.2) is 4.39 Å². The summed E-state index contributed by atoms with van der Waals surface area (Å²) in [4.78, 5) is 5.14. The Bertz CT molecular complexity index is 628. The van der Waals surface area contributed by atoms with E-state index in [1.807, 2.05) is 20.8 Å². The standard InChI is InChI=1S/C20H28Cl2FNO3/c1-4-8-16-13-17(25-12-9-19(21)22)14-18(23)20(16)26-10-6-5-7-11-27-24-15(2)3/h9,13-14H,4-8,10-12H2,1-3H3. The number of rotatable bonds is 13. The number of hydrogen-bond acceptors (Lipinski definition) is 4. The lowest BCUT2D eigenvalue weighted by Gasteiger charge is -2.14. The minimum atomic E-state index is -0.423. The van der Waals surface area contributed by atoms with Crippen LogP contribution in [0.3, 0.4) is 0 Å². The highest BCUT2D eigenvalue weighted by Crippen LogP contribution is 2.30. The summed E-state index contributed by atoms with van der Waals surface area (Å²) >= 11 is 11.1. The first kappa shape index (κ1) is 23.6. The van der Waals surface area contributed by atoms with E-state index < -0.39 is 5.82 Å². The summed E-state index contributed by atoms with van der Waals surface area (Å²) in [6.07, 6.45) is 5.71. The summed E-state index contributed by atoms with van der Waals surface area (Å²) < 4.78 is 25.8. The fourth-order valence-electron chi connectivity index (χ4n) is 2.32. The molecule has 0 unspecified atom stereocenters. The van der Waals surface area contributed by atoms with Crippen LogP contribution in [0.4, 0.5) is 4.39 Å². The average molecular weight is 420 g/mol. The summed E-state index contributed by atoms with van der Waals surface area (Å²) in [5, 5.41) is 3.88. The first-order valence-electron chi connectivity index (χ1n) is 9.16. The molecule has 0 heterocycles. The molecule has 0 aliphatic carbocycles. The third kappa shape index (κ3) is 10.5. The molecule has 0 aliphatic heterocycles.